The molecule has 0 unspecified atom stereocenters. The molecule has 0 bridgehead atoms. The minimum absolute atomic E-state index is 0.0316. The van der Waals surface area contributed by atoms with E-state index in [1.54, 1.807) is 18.2 Å². The van der Waals surface area contributed by atoms with Gasteiger partial charge in [-0.3, -0.25) is 15.4 Å². The van der Waals surface area contributed by atoms with Gasteiger partial charge in [0.25, 0.3) is 5.69 Å². The van der Waals surface area contributed by atoms with Crippen LogP contribution in [-0.4, -0.2) is 21.2 Å². The van der Waals surface area contributed by atoms with E-state index in [0.717, 1.165) is 11.3 Å². The lowest BCUT2D eigenvalue weighted by Crippen LogP contribution is -2.19. The number of aromatic nitrogens is 2. The number of nitrogens with zero attached hydrogens (tertiary/aromatic N) is 3. The Bertz CT molecular complexity index is 929. The summed E-state index contributed by atoms with van der Waals surface area (Å²) in [6.07, 6.45) is 0. The van der Waals surface area contributed by atoms with Crippen LogP contribution in [0, 0.1) is 15.9 Å². The number of nitro benzene ring substituents is 1. The second-order valence-electron chi connectivity index (χ2n) is 4.78. The molecule has 3 rings (SSSR count). The smallest absolute Gasteiger partial charge is 0.305 e. The van der Waals surface area contributed by atoms with Crippen molar-refractivity contribution in [2.75, 3.05) is 10.6 Å². The summed E-state index contributed by atoms with van der Waals surface area (Å²) < 4.78 is 13.5. The normalized spacial score (nSPS) is 10.3. The van der Waals surface area contributed by atoms with E-state index in [0.29, 0.717) is 10.6 Å². The van der Waals surface area contributed by atoms with Crippen LogP contribution in [0.1, 0.15) is 0 Å². The Morgan fingerprint density at radius 3 is 2.48 bits per heavy atom. The van der Waals surface area contributed by atoms with Gasteiger partial charge in [-0.2, -0.15) is 0 Å². The van der Waals surface area contributed by atoms with Crippen molar-refractivity contribution >= 4 is 33.9 Å². The maximum absolute atomic E-state index is 13.5. The molecule has 2 aromatic carbocycles. The van der Waals surface area contributed by atoms with E-state index in [1.165, 1.54) is 30.3 Å². The number of nitro groups is 1. The summed E-state index contributed by atoms with van der Waals surface area (Å²) in [6, 6.07) is 10.9. The molecule has 126 valence electrons. The Hall–Kier alpha value is -3.40. The maximum atomic E-state index is 13.5. The summed E-state index contributed by atoms with van der Waals surface area (Å²) in [5, 5.41) is 23.9. The zero-order chi connectivity index (χ0) is 17.8. The van der Waals surface area contributed by atoms with Gasteiger partial charge in [0.2, 0.25) is 5.13 Å². The first-order valence-corrected chi connectivity index (χ1v) is 7.75. The van der Waals surface area contributed by atoms with Crippen LogP contribution < -0.4 is 10.6 Å². The molecule has 0 radical (unpaired) electrons. The van der Waals surface area contributed by atoms with Gasteiger partial charge in [0.05, 0.1) is 10.6 Å². The fraction of sp³-hybridized carbons (Fsp3) is 0. The number of nitrogens with one attached hydrogen (secondary N) is 2. The number of halogens is 1. The summed E-state index contributed by atoms with van der Waals surface area (Å²) in [6.45, 7) is 0. The summed E-state index contributed by atoms with van der Waals surface area (Å²) in [7, 11) is 0. The molecule has 0 aliphatic heterocycles. The molecule has 2 amide bonds. The zero-order valence-electron chi connectivity index (χ0n) is 12.5. The summed E-state index contributed by atoms with van der Waals surface area (Å²) in [4.78, 5) is 22.0. The Balaban J connectivity index is 1.68. The molecule has 1 heterocycles. The predicted molar refractivity (Wildman–Crippen MR) is 91.0 cm³/mol. The van der Waals surface area contributed by atoms with Gasteiger partial charge < -0.3 is 5.32 Å². The molecule has 1 aromatic heterocycles. The van der Waals surface area contributed by atoms with Crippen LogP contribution >= 0.6 is 11.3 Å². The van der Waals surface area contributed by atoms with Crippen LogP contribution in [0.15, 0.2) is 48.5 Å². The van der Waals surface area contributed by atoms with Crippen molar-refractivity contribution in [3.05, 3.63) is 64.5 Å². The highest BCUT2D eigenvalue weighted by Gasteiger charge is 2.12. The first kappa shape index (κ1) is 16.5. The number of carbonyl (C=O) groups is 1. The summed E-state index contributed by atoms with van der Waals surface area (Å²) >= 11 is 1.09. The Labute approximate surface area is 144 Å². The third kappa shape index (κ3) is 3.93. The van der Waals surface area contributed by atoms with Crippen LogP contribution in [0.2, 0.25) is 0 Å². The van der Waals surface area contributed by atoms with Gasteiger partial charge in [-0.05, 0) is 24.3 Å². The topological polar surface area (TPSA) is 110 Å². The molecule has 0 atom stereocenters. The number of para-hydroxylation sites is 1. The molecule has 8 nitrogen and oxygen atoms in total. The van der Waals surface area contributed by atoms with Gasteiger partial charge in [-0.25, -0.2) is 9.18 Å². The monoisotopic (exact) mass is 359 g/mol. The lowest BCUT2D eigenvalue weighted by Gasteiger charge is -2.05. The van der Waals surface area contributed by atoms with Crippen LogP contribution in [0.3, 0.4) is 0 Å². The number of hydrogen-bond donors (Lipinski definition) is 2. The zero-order valence-corrected chi connectivity index (χ0v) is 13.3. The molecule has 0 saturated heterocycles. The van der Waals surface area contributed by atoms with E-state index in [1.807, 2.05) is 0 Å². The van der Waals surface area contributed by atoms with Gasteiger partial charge in [0, 0.05) is 17.7 Å². The standard InChI is InChI=1S/C15H10FN5O3S/c16-11-3-1-2-4-12(11)17-14(22)18-15-20-19-13(25-15)9-5-7-10(8-6-9)21(23)24/h1-8H,(H2,17,18,20,22). The van der Waals surface area contributed by atoms with E-state index in [9.17, 15) is 19.3 Å². The van der Waals surface area contributed by atoms with Crippen molar-refractivity contribution in [3.8, 4) is 10.6 Å². The van der Waals surface area contributed by atoms with E-state index < -0.39 is 16.8 Å². The lowest BCUT2D eigenvalue weighted by molar-refractivity contribution is -0.384. The Kier molecular flexibility index (Phi) is 4.61. The second-order valence-corrected chi connectivity index (χ2v) is 5.75. The van der Waals surface area contributed by atoms with Crippen LogP contribution in [-0.2, 0) is 0 Å². The van der Waals surface area contributed by atoms with Crippen molar-refractivity contribution in [2.24, 2.45) is 0 Å². The first-order chi connectivity index (χ1) is 12.0. The minimum Gasteiger partial charge on any atom is -0.305 e. The molecule has 0 spiro atoms. The lowest BCUT2D eigenvalue weighted by atomic mass is 10.2. The third-order valence-electron chi connectivity index (χ3n) is 3.09. The average Bonchev–Trinajstić information content (AvgIpc) is 3.05. The second kappa shape index (κ2) is 7.01. The molecular formula is C15H10FN5O3S. The number of non-ortho nitro benzene ring substituents is 1. The molecule has 10 heteroatoms. The number of hydrogen-bond acceptors (Lipinski definition) is 6. The van der Waals surface area contributed by atoms with E-state index in [-0.39, 0.29) is 16.5 Å². The van der Waals surface area contributed by atoms with E-state index in [4.69, 9.17) is 0 Å². The molecule has 0 fully saturated rings. The molecule has 0 aliphatic carbocycles. The highest BCUT2D eigenvalue weighted by Crippen LogP contribution is 2.27. The SMILES string of the molecule is O=C(Nc1nnc(-c2ccc([N+](=O)[O-])cc2)s1)Nc1ccccc1F. The molecule has 3 aromatic rings. The van der Waals surface area contributed by atoms with Gasteiger partial charge >= 0.3 is 6.03 Å². The number of rotatable bonds is 4. The average molecular weight is 359 g/mol. The van der Waals surface area contributed by atoms with Crippen LogP contribution in [0.5, 0.6) is 0 Å². The molecule has 2 N–H and O–H groups in total. The number of amides is 2. The number of benzene rings is 2. The van der Waals surface area contributed by atoms with Crippen LogP contribution in [0.25, 0.3) is 10.6 Å². The van der Waals surface area contributed by atoms with E-state index >= 15 is 0 Å². The van der Waals surface area contributed by atoms with E-state index in [2.05, 4.69) is 20.8 Å². The number of anilines is 2. The third-order valence-corrected chi connectivity index (χ3v) is 3.98. The molecular weight excluding hydrogens is 349 g/mol. The number of urea groups is 1. The van der Waals surface area contributed by atoms with Gasteiger partial charge in [0.15, 0.2) is 0 Å². The Morgan fingerprint density at radius 1 is 1.08 bits per heavy atom. The molecule has 25 heavy (non-hydrogen) atoms. The number of carbonyl (C=O) groups excluding carboxylic acids is 1. The van der Waals surface area contributed by atoms with Crippen LogP contribution in [0.4, 0.5) is 25.7 Å². The van der Waals surface area contributed by atoms with Crippen molar-refractivity contribution < 1.29 is 14.1 Å². The minimum atomic E-state index is -0.656. The quantitative estimate of drug-likeness (QED) is 0.542. The summed E-state index contributed by atoms with van der Waals surface area (Å²) in [5.41, 5.74) is 0.640. The maximum Gasteiger partial charge on any atom is 0.325 e. The molecule has 0 saturated carbocycles. The van der Waals surface area contributed by atoms with Gasteiger partial charge in [0.1, 0.15) is 10.8 Å². The highest BCUT2D eigenvalue weighted by atomic mass is 32.1. The molecule has 0 aliphatic rings. The van der Waals surface area contributed by atoms with Crippen molar-refractivity contribution in [3.63, 3.8) is 0 Å². The highest BCUT2D eigenvalue weighted by molar-refractivity contribution is 7.18. The van der Waals surface area contributed by atoms with Gasteiger partial charge in [-0.1, -0.05) is 23.5 Å². The predicted octanol–water partition coefficient (Wildman–Crippen LogP) is 3.90. The van der Waals surface area contributed by atoms with Crippen molar-refractivity contribution in [1.82, 2.24) is 10.2 Å². The van der Waals surface area contributed by atoms with Crippen molar-refractivity contribution in [1.29, 1.82) is 0 Å². The largest absolute Gasteiger partial charge is 0.325 e. The van der Waals surface area contributed by atoms with Gasteiger partial charge in [-0.15, -0.1) is 10.2 Å². The fourth-order valence-electron chi connectivity index (χ4n) is 1.93. The first-order valence-electron chi connectivity index (χ1n) is 6.94. The van der Waals surface area contributed by atoms with Crippen molar-refractivity contribution in [2.45, 2.75) is 0 Å². The Morgan fingerprint density at radius 2 is 1.80 bits per heavy atom. The summed E-state index contributed by atoms with van der Waals surface area (Å²) in [5.74, 6) is -0.554. The fourth-order valence-corrected chi connectivity index (χ4v) is 2.67.